The first kappa shape index (κ1) is 15.8. The topological polar surface area (TPSA) is 76.0 Å². The summed E-state index contributed by atoms with van der Waals surface area (Å²) in [6.45, 7) is 7.38. The van der Waals surface area contributed by atoms with E-state index in [-0.39, 0.29) is 17.9 Å². The number of carbonyl (C=O) groups is 2. The van der Waals surface area contributed by atoms with Gasteiger partial charge >= 0.3 is 0 Å². The number of nitrogens with zero attached hydrogens (tertiary/aromatic N) is 2. The van der Waals surface area contributed by atoms with Gasteiger partial charge in [-0.25, -0.2) is 0 Å². The van der Waals surface area contributed by atoms with Crippen LogP contribution < -0.4 is 10.6 Å². The molecule has 0 aliphatic carbocycles. The monoisotopic (exact) mass is 300 g/mol. The van der Waals surface area contributed by atoms with E-state index < -0.39 is 0 Å². The van der Waals surface area contributed by atoms with Crippen LogP contribution in [-0.4, -0.2) is 21.6 Å². The summed E-state index contributed by atoms with van der Waals surface area (Å²) in [4.78, 5) is 23.3. The van der Waals surface area contributed by atoms with Crippen LogP contribution in [0.5, 0.6) is 0 Å². The van der Waals surface area contributed by atoms with E-state index in [2.05, 4.69) is 15.7 Å². The molecule has 1 heterocycles. The first-order chi connectivity index (χ1) is 10.4. The third kappa shape index (κ3) is 3.72. The van der Waals surface area contributed by atoms with Crippen LogP contribution in [0.1, 0.15) is 43.0 Å². The third-order valence-electron chi connectivity index (χ3n) is 3.09. The second kappa shape index (κ2) is 6.43. The predicted octanol–water partition coefficient (Wildman–Crippen LogP) is 2.98. The number of nitrogens with one attached hydrogen (secondary N) is 2. The molecule has 0 aliphatic heterocycles. The molecule has 6 nitrogen and oxygen atoms in total. The summed E-state index contributed by atoms with van der Waals surface area (Å²) in [6.07, 6.45) is 0. The summed E-state index contributed by atoms with van der Waals surface area (Å²) < 4.78 is 1.81. The van der Waals surface area contributed by atoms with Crippen LogP contribution in [0.4, 0.5) is 11.4 Å². The predicted molar refractivity (Wildman–Crippen MR) is 86.0 cm³/mol. The minimum atomic E-state index is -0.275. The van der Waals surface area contributed by atoms with Gasteiger partial charge in [0.25, 0.3) is 5.91 Å². The SMILES string of the molecule is CC(=O)Nc1cccc(NC(=O)c2cc(C)n(C(C)C)n2)c1. The Bertz CT molecular complexity index is 704. The smallest absolute Gasteiger partial charge is 0.276 e. The lowest BCUT2D eigenvalue weighted by molar-refractivity contribution is -0.114. The van der Waals surface area contributed by atoms with Crippen molar-refractivity contribution in [3.63, 3.8) is 0 Å². The van der Waals surface area contributed by atoms with Gasteiger partial charge in [-0.2, -0.15) is 5.10 Å². The first-order valence-corrected chi connectivity index (χ1v) is 7.12. The molecule has 1 aromatic heterocycles. The minimum Gasteiger partial charge on any atom is -0.326 e. The maximum atomic E-state index is 12.3. The van der Waals surface area contributed by atoms with Gasteiger partial charge in [-0.3, -0.25) is 14.3 Å². The van der Waals surface area contributed by atoms with Crippen LogP contribution in [-0.2, 0) is 4.79 Å². The second-order valence-corrected chi connectivity index (χ2v) is 5.43. The standard InChI is InChI=1S/C16H20N4O2/c1-10(2)20-11(3)8-15(19-20)16(22)18-14-7-5-6-13(9-14)17-12(4)21/h5-10H,1-4H3,(H,17,21)(H,18,22). The average Bonchev–Trinajstić information content (AvgIpc) is 2.80. The summed E-state index contributed by atoms with van der Waals surface area (Å²) in [5, 5.41) is 9.77. The van der Waals surface area contributed by atoms with Crippen molar-refractivity contribution >= 4 is 23.2 Å². The van der Waals surface area contributed by atoms with E-state index in [1.165, 1.54) is 6.92 Å². The van der Waals surface area contributed by atoms with Crippen LogP contribution in [0, 0.1) is 6.92 Å². The number of carbonyl (C=O) groups excluding carboxylic acids is 2. The van der Waals surface area contributed by atoms with E-state index in [4.69, 9.17) is 0 Å². The lowest BCUT2D eigenvalue weighted by atomic mass is 10.2. The molecule has 0 aliphatic rings. The number of anilines is 2. The third-order valence-corrected chi connectivity index (χ3v) is 3.09. The molecule has 0 spiro atoms. The van der Waals surface area contributed by atoms with E-state index >= 15 is 0 Å². The minimum absolute atomic E-state index is 0.158. The van der Waals surface area contributed by atoms with E-state index in [0.29, 0.717) is 17.1 Å². The van der Waals surface area contributed by atoms with Gasteiger partial charge < -0.3 is 10.6 Å². The fourth-order valence-electron chi connectivity index (χ4n) is 2.19. The van der Waals surface area contributed by atoms with Gasteiger partial charge in [0.05, 0.1) is 0 Å². The molecular formula is C16H20N4O2. The fourth-order valence-corrected chi connectivity index (χ4v) is 2.19. The first-order valence-electron chi connectivity index (χ1n) is 7.12. The molecule has 0 atom stereocenters. The largest absolute Gasteiger partial charge is 0.326 e. The maximum Gasteiger partial charge on any atom is 0.276 e. The van der Waals surface area contributed by atoms with Gasteiger partial charge in [0.15, 0.2) is 5.69 Å². The molecule has 1 aromatic carbocycles. The Hall–Kier alpha value is -2.63. The van der Waals surface area contributed by atoms with Crippen molar-refractivity contribution in [1.82, 2.24) is 9.78 Å². The maximum absolute atomic E-state index is 12.3. The average molecular weight is 300 g/mol. The van der Waals surface area contributed by atoms with Gasteiger partial charge in [-0.1, -0.05) is 6.07 Å². The van der Waals surface area contributed by atoms with Crippen molar-refractivity contribution in [2.45, 2.75) is 33.7 Å². The molecule has 0 saturated carbocycles. The summed E-state index contributed by atoms with van der Waals surface area (Å²) in [6, 6.07) is 8.94. The van der Waals surface area contributed by atoms with Crippen molar-refractivity contribution in [1.29, 1.82) is 0 Å². The molecule has 2 N–H and O–H groups in total. The van der Waals surface area contributed by atoms with Crippen LogP contribution >= 0.6 is 0 Å². The zero-order chi connectivity index (χ0) is 16.3. The van der Waals surface area contributed by atoms with Crippen LogP contribution in [0.15, 0.2) is 30.3 Å². The number of hydrogen-bond donors (Lipinski definition) is 2. The Morgan fingerprint density at radius 2 is 1.77 bits per heavy atom. The van der Waals surface area contributed by atoms with Crippen molar-refractivity contribution < 1.29 is 9.59 Å². The molecule has 0 fully saturated rings. The van der Waals surface area contributed by atoms with Crippen molar-refractivity contribution in [2.24, 2.45) is 0 Å². The second-order valence-electron chi connectivity index (χ2n) is 5.43. The number of aryl methyl sites for hydroxylation is 1. The zero-order valence-electron chi connectivity index (χ0n) is 13.2. The Labute approximate surface area is 129 Å². The molecular weight excluding hydrogens is 280 g/mol. The normalized spacial score (nSPS) is 10.6. The zero-order valence-corrected chi connectivity index (χ0v) is 13.2. The molecule has 6 heteroatoms. The number of hydrogen-bond acceptors (Lipinski definition) is 3. The van der Waals surface area contributed by atoms with Crippen LogP contribution in [0.3, 0.4) is 0 Å². The number of aromatic nitrogens is 2. The molecule has 0 radical (unpaired) electrons. The molecule has 22 heavy (non-hydrogen) atoms. The van der Waals surface area contributed by atoms with Gasteiger partial charge in [0.1, 0.15) is 0 Å². The van der Waals surface area contributed by atoms with Crippen LogP contribution in [0.2, 0.25) is 0 Å². The molecule has 2 rings (SSSR count). The molecule has 116 valence electrons. The van der Waals surface area contributed by atoms with E-state index in [9.17, 15) is 9.59 Å². The molecule has 2 aromatic rings. The highest BCUT2D eigenvalue weighted by atomic mass is 16.2. The summed E-state index contributed by atoms with van der Waals surface area (Å²) >= 11 is 0. The Morgan fingerprint density at radius 3 is 2.32 bits per heavy atom. The number of rotatable bonds is 4. The molecule has 0 bridgehead atoms. The number of benzene rings is 1. The van der Waals surface area contributed by atoms with Gasteiger partial charge in [-0.15, -0.1) is 0 Å². The van der Waals surface area contributed by atoms with Gasteiger partial charge in [0.2, 0.25) is 5.91 Å². The highest BCUT2D eigenvalue weighted by Gasteiger charge is 2.14. The Balaban J connectivity index is 2.15. The molecule has 0 saturated heterocycles. The van der Waals surface area contributed by atoms with Crippen molar-refractivity contribution in [3.05, 3.63) is 41.7 Å². The van der Waals surface area contributed by atoms with Crippen molar-refractivity contribution in [3.8, 4) is 0 Å². The van der Waals surface area contributed by atoms with Crippen molar-refractivity contribution in [2.75, 3.05) is 10.6 Å². The van der Waals surface area contributed by atoms with Crippen LogP contribution in [0.25, 0.3) is 0 Å². The number of amides is 2. The summed E-state index contributed by atoms with van der Waals surface area (Å²) in [5.74, 6) is -0.433. The van der Waals surface area contributed by atoms with E-state index in [1.54, 1.807) is 30.3 Å². The quantitative estimate of drug-likeness (QED) is 0.911. The van der Waals surface area contributed by atoms with Gasteiger partial charge in [-0.05, 0) is 45.0 Å². The summed E-state index contributed by atoms with van der Waals surface area (Å²) in [7, 11) is 0. The van der Waals surface area contributed by atoms with Gasteiger partial charge in [0, 0.05) is 30.0 Å². The Morgan fingerprint density at radius 1 is 1.14 bits per heavy atom. The van der Waals surface area contributed by atoms with E-state index in [0.717, 1.165) is 5.69 Å². The highest BCUT2D eigenvalue weighted by molar-refractivity contribution is 6.03. The Kier molecular flexibility index (Phi) is 4.60. The molecule has 2 amide bonds. The highest BCUT2D eigenvalue weighted by Crippen LogP contribution is 2.17. The fraction of sp³-hybridized carbons (Fsp3) is 0.312. The lowest BCUT2D eigenvalue weighted by Crippen LogP contribution is -2.14. The lowest BCUT2D eigenvalue weighted by Gasteiger charge is -2.08. The molecule has 0 unspecified atom stereocenters. The van der Waals surface area contributed by atoms with E-state index in [1.807, 2.05) is 25.5 Å². The summed E-state index contributed by atoms with van der Waals surface area (Å²) in [5.41, 5.74) is 2.55.